The number of hydrogen-bond acceptors (Lipinski definition) is 4. The van der Waals surface area contributed by atoms with Crippen molar-refractivity contribution in [3.63, 3.8) is 0 Å². The summed E-state index contributed by atoms with van der Waals surface area (Å²) in [5.74, 6) is -0.445. The summed E-state index contributed by atoms with van der Waals surface area (Å²) in [7, 11) is 0. The van der Waals surface area contributed by atoms with Crippen molar-refractivity contribution >= 4 is 34.2 Å². The Morgan fingerprint density at radius 1 is 1.06 bits per heavy atom. The SMILES string of the molecule is Cc1cccn2c(=O)c3cc(C(=O)N[C@@H](C)c4ccccc4)c(=N)n(Cc4ccccc4Cl)c3nc12. The summed E-state index contributed by atoms with van der Waals surface area (Å²) >= 11 is 6.43. The fourth-order valence-corrected chi connectivity index (χ4v) is 4.52. The minimum absolute atomic E-state index is 0.0509. The van der Waals surface area contributed by atoms with Crippen LogP contribution in [0.15, 0.2) is 83.8 Å². The Hall–Kier alpha value is -4.23. The maximum atomic E-state index is 13.5. The molecule has 7 nitrogen and oxygen atoms in total. The van der Waals surface area contributed by atoms with Gasteiger partial charge in [0.25, 0.3) is 11.5 Å². The molecular weight excluding hydrogens is 474 g/mol. The van der Waals surface area contributed by atoms with Gasteiger partial charge in [-0.1, -0.05) is 66.2 Å². The van der Waals surface area contributed by atoms with Gasteiger partial charge >= 0.3 is 0 Å². The van der Waals surface area contributed by atoms with Crippen LogP contribution in [-0.2, 0) is 6.54 Å². The number of pyridine rings is 2. The monoisotopic (exact) mass is 497 g/mol. The molecule has 0 spiro atoms. The standard InChI is InChI=1S/C28H24ClN5O2/c1-17-9-8-14-33-25(17)32-26-22(28(33)36)15-21(27(35)31-18(2)19-10-4-3-5-11-19)24(30)34(26)16-20-12-6-7-13-23(20)29/h3-15,18,30H,16H2,1-2H3,(H,31,35)/t18-/m0/s1. The zero-order valence-electron chi connectivity index (χ0n) is 19.8. The number of aryl methyl sites for hydroxylation is 1. The van der Waals surface area contributed by atoms with Gasteiger partial charge in [-0.05, 0) is 48.7 Å². The average Bonchev–Trinajstić information content (AvgIpc) is 2.88. The van der Waals surface area contributed by atoms with E-state index in [4.69, 9.17) is 22.0 Å². The van der Waals surface area contributed by atoms with Crippen LogP contribution in [0.5, 0.6) is 0 Å². The molecule has 0 radical (unpaired) electrons. The second kappa shape index (κ2) is 9.43. The molecular formula is C28H24ClN5O2. The summed E-state index contributed by atoms with van der Waals surface area (Å²) in [6.07, 6.45) is 1.65. The number of nitrogens with zero attached hydrogens (tertiary/aromatic N) is 3. The van der Waals surface area contributed by atoms with E-state index in [1.54, 1.807) is 22.9 Å². The molecule has 0 aliphatic carbocycles. The third-order valence-electron chi connectivity index (χ3n) is 6.31. The Bertz CT molecular complexity index is 1740. The summed E-state index contributed by atoms with van der Waals surface area (Å²) in [5.41, 5.74) is 3.06. The Balaban J connectivity index is 1.73. The highest BCUT2D eigenvalue weighted by molar-refractivity contribution is 6.31. The van der Waals surface area contributed by atoms with E-state index in [9.17, 15) is 9.59 Å². The first-order valence-electron chi connectivity index (χ1n) is 11.5. The van der Waals surface area contributed by atoms with Crippen molar-refractivity contribution in [3.8, 4) is 0 Å². The fraction of sp³-hybridized carbons (Fsp3) is 0.143. The minimum Gasteiger partial charge on any atom is -0.345 e. The summed E-state index contributed by atoms with van der Waals surface area (Å²) in [4.78, 5) is 31.7. The molecule has 3 aromatic heterocycles. The Morgan fingerprint density at radius 3 is 2.53 bits per heavy atom. The van der Waals surface area contributed by atoms with Gasteiger partial charge in [-0.2, -0.15) is 0 Å². The number of amides is 1. The van der Waals surface area contributed by atoms with E-state index in [1.165, 1.54) is 10.5 Å². The summed E-state index contributed by atoms with van der Waals surface area (Å²) in [5, 5.41) is 12.7. The van der Waals surface area contributed by atoms with E-state index >= 15 is 0 Å². The molecule has 1 amide bonds. The normalized spacial score (nSPS) is 12.1. The van der Waals surface area contributed by atoms with Crippen LogP contribution in [0.1, 0.15) is 40.0 Å². The first-order valence-corrected chi connectivity index (χ1v) is 11.9. The molecule has 2 N–H and O–H groups in total. The lowest BCUT2D eigenvalue weighted by molar-refractivity contribution is 0.0937. The zero-order chi connectivity index (χ0) is 25.4. The molecule has 2 aromatic carbocycles. The molecule has 8 heteroatoms. The summed E-state index contributed by atoms with van der Waals surface area (Å²) in [6, 6.07) is 21.7. The van der Waals surface area contributed by atoms with Crippen LogP contribution in [0.4, 0.5) is 0 Å². The van der Waals surface area contributed by atoms with E-state index in [2.05, 4.69) is 5.32 Å². The smallest absolute Gasteiger partial charge is 0.267 e. The highest BCUT2D eigenvalue weighted by atomic mass is 35.5. The van der Waals surface area contributed by atoms with Crippen LogP contribution in [0.3, 0.4) is 0 Å². The molecule has 0 saturated heterocycles. The molecule has 36 heavy (non-hydrogen) atoms. The lowest BCUT2D eigenvalue weighted by atomic mass is 10.1. The number of fused-ring (bicyclic) bond motifs is 2. The lowest BCUT2D eigenvalue weighted by Crippen LogP contribution is -2.36. The minimum atomic E-state index is -0.445. The van der Waals surface area contributed by atoms with Crippen molar-refractivity contribution < 1.29 is 4.79 Å². The number of nitrogens with one attached hydrogen (secondary N) is 2. The van der Waals surface area contributed by atoms with E-state index in [1.807, 2.05) is 68.4 Å². The Kier molecular flexibility index (Phi) is 6.16. The van der Waals surface area contributed by atoms with Crippen LogP contribution < -0.4 is 16.4 Å². The van der Waals surface area contributed by atoms with Gasteiger partial charge in [0.15, 0.2) is 0 Å². The Labute approximate surface area is 212 Å². The maximum absolute atomic E-state index is 13.5. The largest absolute Gasteiger partial charge is 0.345 e. The van der Waals surface area contributed by atoms with Crippen LogP contribution in [0.25, 0.3) is 16.7 Å². The van der Waals surface area contributed by atoms with E-state index < -0.39 is 5.91 Å². The first kappa shape index (κ1) is 23.5. The number of rotatable bonds is 5. The first-order chi connectivity index (χ1) is 17.3. The number of benzene rings is 2. The van der Waals surface area contributed by atoms with Crippen molar-refractivity contribution in [1.82, 2.24) is 19.3 Å². The van der Waals surface area contributed by atoms with Crippen molar-refractivity contribution in [2.45, 2.75) is 26.4 Å². The summed E-state index contributed by atoms with van der Waals surface area (Å²) < 4.78 is 3.04. The topological polar surface area (TPSA) is 92.3 Å². The van der Waals surface area contributed by atoms with E-state index in [0.717, 1.165) is 16.7 Å². The number of carbonyl (C=O) groups is 1. The van der Waals surface area contributed by atoms with Crippen molar-refractivity contribution in [3.05, 3.63) is 122 Å². The molecule has 0 bridgehead atoms. The van der Waals surface area contributed by atoms with Crippen LogP contribution in [0, 0.1) is 12.3 Å². The number of aromatic nitrogens is 3. The van der Waals surface area contributed by atoms with Crippen molar-refractivity contribution in [2.24, 2.45) is 0 Å². The quantitative estimate of drug-likeness (QED) is 0.347. The third kappa shape index (κ3) is 4.18. The number of carbonyl (C=O) groups excluding carboxylic acids is 1. The Morgan fingerprint density at radius 2 is 1.78 bits per heavy atom. The van der Waals surface area contributed by atoms with Gasteiger partial charge in [-0.25, -0.2) is 4.98 Å². The zero-order valence-corrected chi connectivity index (χ0v) is 20.6. The highest BCUT2D eigenvalue weighted by Crippen LogP contribution is 2.19. The fourth-order valence-electron chi connectivity index (χ4n) is 4.32. The van der Waals surface area contributed by atoms with Gasteiger partial charge in [0.1, 0.15) is 16.8 Å². The van der Waals surface area contributed by atoms with Crippen LogP contribution in [0.2, 0.25) is 5.02 Å². The van der Waals surface area contributed by atoms with Crippen LogP contribution in [-0.4, -0.2) is 19.9 Å². The molecule has 0 unspecified atom stereocenters. The molecule has 0 aliphatic rings. The highest BCUT2D eigenvalue weighted by Gasteiger charge is 2.20. The predicted molar refractivity (Wildman–Crippen MR) is 140 cm³/mol. The average molecular weight is 498 g/mol. The van der Waals surface area contributed by atoms with Gasteiger partial charge in [-0.15, -0.1) is 0 Å². The van der Waals surface area contributed by atoms with Gasteiger partial charge < -0.3 is 9.88 Å². The van der Waals surface area contributed by atoms with Crippen molar-refractivity contribution in [1.29, 1.82) is 5.41 Å². The van der Waals surface area contributed by atoms with E-state index in [0.29, 0.717) is 16.3 Å². The number of hydrogen-bond donors (Lipinski definition) is 2. The number of halogens is 1. The van der Waals surface area contributed by atoms with Gasteiger partial charge in [0, 0.05) is 11.2 Å². The van der Waals surface area contributed by atoms with Gasteiger partial charge in [0.2, 0.25) is 0 Å². The molecule has 0 aliphatic heterocycles. The molecule has 0 fully saturated rings. The second-order valence-electron chi connectivity index (χ2n) is 8.73. The molecule has 180 valence electrons. The molecule has 3 heterocycles. The van der Waals surface area contributed by atoms with E-state index in [-0.39, 0.29) is 34.6 Å². The summed E-state index contributed by atoms with van der Waals surface area (Å²) in [6.45, 7) is 3.93. The van der Waals surface area contributed by atoms with Crippen molar-refractivity contribution in [2.75, 3.05) is 0 Å². The second-order valence-corrected chi connectivity index (χ2v) is 9.14. The molecule has 5 rings (SSSR count). The van der Waals surface area contributed by atoms with Gasteiger partial charge in [-0.3, -0.25) is 19.4 Å². The van der Waals surface area contributed by atoms with Crippen LogP contribution >= 0.6 is 11.6 Å². The predicted octanol–water partition coefficient (Wildman–Crippen LogP) is 4.63. The lowest BCUT2D eigenvalue weighted by Gasteiger charge is -2.18. The maximum Gasteiger partial charge on any atom is 0.267 e. The molecule has 5 aromatic rings. The third-order valence-corrected chi connectivity index (χ3v) is 6.68. The molecule has 0 saturated carbocycles. The molecule has 1 atom stereocenters. The van der Waals surface area contributed by atoms with Gasteiger partial charge in [0.05, 0.1) is 23.5 Å².